The van der Waals surface area contributed by atoms with E-state index in [1.807, 2.05) is 24.3 Å². The van der Waals surface area contributed by atoms with Crippen LogP contribution in [-0.2, 0) is 23.1 Å². The third-order valence-electron chi connectivity index (χ3n) is 5.01. The number of fused-ring (bicyclic) bond motifs is 3. The van der Waals surface area contributed by atoms with Crippen molar-refractivity contribution >= 4 is 37.3 Å². The van der Waals surface area contributed by atoms with Crippen molar-refractivity contribution in [1.29, 1.82) is 5.26 Å². The normalized spacial score (nSPS) is 13.2. The number of aliphatic hydroxyl groups is 1. The maximum atomic E-state index is 13.0. The largest absolute Gasteiger partial charge is 0.504 e. The first kappa shape index (κ1) is 21.4. The minimum atomic E-state index is -4.78. The van der Waals surface area contributed by atoms with Crippen LogP contribution in [-0.4, -0.2) is 23.3 Å². The number of nitriles is 1. The van der Waals surface area contributed by atoms with Gasteiger partial charge in [0.15, 0.2) is 10.7 Å². The number of allylic oxidation sites excluding steroid dienone is 1. The number of sulfone groups is 1. The van der Waals surface area contributed by atoms with Gasteiger partial charge in [-0.2, -0.15) is 23.5 Å². The summed E-state index contributed by atoms with van der Waals surface area (Å²) in [5, 5.41) is 26.5. The Kier molecular flexibility index (Phi) is 4.94. The van der Waals surface area contributed by atoms with Crippen LogP contribution in [0.15, 0.2) is 70.5 Å². The van der Waals surface area contributed by atoms with Gasteiger partial charge in [0, 0.05) is 17.8 Å². The van der Waals surface area contributed by atoms with Gasteiger partial charge in [0.1, 0.15) is 11.8 Å². The molecule has 0 radical (unpaired) electrons. The molecule has 1 N–H and O–H groups in total. The Morgan fingerprint density at radius 3 is 2.47 bits per heavy atom. The summed E-state index contributed by atoms with van der Waals surface area (Å²) in [5.41, 5.74) is -0.760. The van der Waals surface area contributed by atoms with E-state index in [1.165, 1.54) is 10.8 Å². The lowest BCUT2D eigenvalue weighted by atomic mass is 10.1. The van der Waals surface area contributed by atoms with Crippen LogP contribution in [0.25, 0.3) is 27.4 Å². The number of benzene rings is 3. The van der Waals surface area contributed by atoms with Gasteiger partial charge in [-0.15, -0.1) is 0 Å². The number of hydrogen-bond acceptors (Lipinski definition) is 5. The van der Waals surface area contributed by atoms with Crippen molar-refractivity contribution in [1.82, 2.24) is 9.78 Å². The van der Waals surface area contributed by atoms with Crippen molar-refractivity contribution in [2.75, 3.05) is 0 Å². The fourth-order valence-corrected chi connectivity index (χ4v) is 4.78. The highest BCUT2D eigenvalue weighted by atomic mass is 32.2. The molecule has 6 nitrogen and oxygen atoms in total. The molecule has 10 heteroatoms. The Labute approximate surface area is 180 Å². The Balaban J connectivity index is 1.95. The Bertz CT molecular complexity index is 1560. The molecule has 0 aliphatic carbocycles. The summed E-state index contributed by atoms with van der Waals surface area (Å²) in [6.07, 6.45) is -4.78. The van der Waals surface area contributed by atoms with Crippen LogP contribution in [0.5, 0.6) is 0 Å². The zero-order valence-corrected chi connectivity index (χ0v) is 17.2. The number of nitrogens with zero attached hydrogens (tertiary/aromatic N) is 3. The first-order chi connectivity index (χ1) is 15.1. The molecule has 0 bridgehead atoms. The highest BCUT2D eigenvalue weighted by Crippen LogP contribution is 2.35. The van der Waals surface area contributed by atoms with Crippen LogP contribution in [0.2, 0.25) is 0 Å². The van der Waals surface area contributed by atoms with E-state index in [4.69, 9.17) is 0 Å². The second-order valence-electron chi connectivity index (χ2n) is 6.97. The Morgan fingerprint density at radius 2 is 1.78 bits per heavy atom. The SMILES string of the molecule is Cn1nc(/C(O)=C(\C#N)S(=O)(=O)c2cccc(C(F)(F)F)c2)c2ccc3ccccc3c21. The van der Waals surface area contributed by atoms with E-state index in [0.717, 1.165) is 22.9 Å². The average Bonchev–Trinajstić information content (AvgIpc) is 3.10. The van der Waals surface area contributed by atoms with Gasteiger partial charge in [0.2, 0.25) is 9.84 Å². The van der Waals surface area contributed by atoms with Crippen molar-refractivity contribution in [2.24, 2.45) is 7.05 Å². The average molecular weight is 457 g/mol. The van der Waals surface area contributed by atoms with Crippen LogP contribution in [0.4, 0.5) is 13.2 Å². The highest BCUT2D eigenvalue weighted by molar-refractivity contribution is 7.95. The zero-order chi connectivity index (χ0) is 23.3. The molecule has 0 atom stereocenters. The molecular formula is C22H14F3N3O3S. The van der Waals surface area contributed by atoms with Gasteiger partial charge in [0.25, 0.3) is 0 Å². The minimum Gasteiger partial charge on any atom is -0.504 e. The molecule has 0 unspecified atom stereocenters. The number of aromatic nitrogens is 2. The second kappa shape index (κ2) is 7.39. The standard InChI is InChI=1S/C22H14F3N3O3S/c1-28-20-16-8-3-2-5-13(16)9-10-17(20)19(27-28)21(29)18(12-26)32(30,31)15-7-4-6-14(11-15)22(23,24)25/h2-11,29H,1H3/b21-18-. The topological polar surface area (TPSA) is 96.0 Å². The Hall–Kier alpha value is -3.84. The predicted octanol–water partition coefficient (Wildman–Crippen LogP) is 4.97. The van der Waals surface area contributed by atoms with Gasteiger partial charge in [-0.1, -0.05) is 36.4 Å². The van der Waals surface area contributed by atoms with Crippen LogP contribution < -0.4 is 0 Å². The molecule has 1 heterocycles. The number of halogens is 3. The number of aryl methyl sites for hydroxylation is 1. The molecule has 4 aromatic rings. The first-order valence-electron chi connectivity index (χ1n) is 9.16. The van der Waals surface area contributed by atoms with E-state index in [1.54, 1.807) is 19.2 Å². The second-order valence-corrected chi connectivity index (χ2v) is 8.86. The van der Waals surface area contributed by atoms with Gasteiger partial charge in [-0.3, -0.25) is 4.68 Å². The van der Waals surface area contributed by atoms with Crippen LogP contribution in [0, 0.1) is 11.3 Å². The maximum absolute atomic E-state index is 13.0. The van der Waals surface area contributed by atoms with Crippen LogP contribution in [0.3, 0.4) is 0 Å². The molecule has 0 spiro atoms. The third-order valence-corrected chi connectivity index (χ3v) is 6.71. The molecule has 0 aliphatic heterocycles. The quantitative estimate of drug-likeness (QED) is 0.346. The third kappa shape index (κ3) is 3.36. The van der Waals surface area contributed by atoms with E-state index in [2.05, 4.69) is 5.10 Å². The fourth-order valence-electron chi connectivity index (χ4n) is 3.53. The first-order valence-corrected chi connectivity index (χ1v) is 10.6. The number of hydrogen-bond donors (Lipinski definition) is 1. The lowest BCUT2D eigenvalue weighted by Gasteiger charge is -2.09. The number of rotatable bonds is 3. The molecule has 32 heavy (non-hydrogen) atoms. The summed E-state index contributed by atoms with van der Waals surface area (Å²) < 4.78 is 66.5. The summed E-state index contributed by atoms with van der Waals surface area (Å²) in [6.45, 7) is 0. The molecule has 3 aromatic carbocycles. The molecule has 0 aliphatic rings. The van der Waals surface area contributed by atoms with Gasteiger partial charge < -0.3 is 5.11 Å². The van der Waals surface area contributed by atoms with E-state index in [-0.39, 0.29) is 5.69 Å². The fraction of sp³-hybridized carbons (Fsp3) is 0.0909. The summed E-state index contributed by atoms with van der Waals surface area (Å²) in [4.78, 5) is -1.86. The van der Waals surface area contributed by atoms with E-state index in [9.17, 15) is 32.0 Å². The Morgan fingerprint density at radius 1 is 1.06 bits per heavy atom. The summed E-state index contributed by atoms with van der Waals surface area (Å²) in [7, 11) is -3.17. The predicted molar refractivity (Wildman–Crippen MR) is 112 cm³/mol. The lowest BCUT2D eigenvalue weighted by Crippen LogP contribution is -2.10. The molecule has 4 rings (SSSR count). The van der Waals surface area contributed by atoms with E-state index in [0.29, 0.717) is 23.0 Å². The van der Waals surface area contributed by atoms with Gasteiger partial charge in [-0.25, -0.2) is 8.42 Å². The van der Waals surface area contributed by atoms with Gasteiger partial charge >= 0.3 is 6.18 Å². The van der Waals surface area contributed by atoms with Gasteiger partial charge in [-0.05, 0) is 29.7 Å². The highest BCUT2D eigenvalue weighted by Gasteiger charge is 2.34. The van der Waals surface area contributed by atoms with Crippen LogP contribution >= 0.6 is 0 Å². The maximum Gasteiger partial charge on any atom is 0.416 e. The van der Waals surface area contributed by atoms with Gasteiger partial charge in [0.05, 0.1) is 16.0 Å². The molecule has 0 fully saturated rings. The van der Waals surface area contributed by atoms with Crippen molar-refractivity contribution < 1.29 is 26.7 Å². The van der Waals surface area contributed by atoms with Crippen molar-refractivity contribution in [3.63, 3.8) is 0 Å². The molecule has 0 saturated heterocycles. The smallest absolute Gasteiger partial charge is 0.416 e. The zero-order valence-electron chi connectivity index (χ0n) is 16.4. The van der Waals surface area contributed by atoms with Crippen LogP contribution in [0.1, 0.15) is 11.3 Å². The van der Waals surface area contributed by atoms with Crippen molar-refractivity contribution in [2.45, 2.75) is 11.1 Å². The van der Waals surface area contributed by atoms with Crippen molar-refractivity contribution in [3.05, 3.63) is 76.8 Å². The van der Waals surface area contributed by atoms with E-state index >= 15 is 0 Å². The number of aliphatic hydroxyl groups excluding tert-OH is 1. The van der Waals surface area contributed by atoms with Crippen molar-refractivity contribution in [3.8, 4) is 6.07 Å². The molecular weight excluding hydrogens is 443 g/mol. The monoisotopic (exact) mass is 457 g/mol. The summed E-state index contributed by atoms with van der Waals surface area (Å²) in [5.74, 6) is -0.939. The summed E-state index contributed by atoms with van der Waals surface area (Å²) in [6, 6.07) is 15.1. The minimum absolute atomic E-state index is 0.166. The van der Waals surface area contributed by atoms with E-state index < -0.39 is 37.1 Å². The molecule has 0 amide bonds. The summed E-state index contributed by atoms with van der Waals surface area (Å²) >= 11 is 0. The molecule has 1 aromatic heterocycles. The molecule has 0 saturated carbocycles. The number of alkyl halides is 3. The lowest BCUT2D eigenvalue weighted by molar-refractivity contribution is -0.137. The molecule has 162 valence electrons.